The number of hydrogen-bond acceptors (Lipinski definition) is 0. The molecule has 0 N–H and O–H groups in total. The fourth-order valence-electron chi connectivity index (χ4n) is 10.4. The van der Waals surface area contributed by atoms with Crippen LogP contribution in [-0.4, -0.2) is 13.7 Å². The first kappa shape index (κ1) is 29.9. The second kappa shape index (κ2) is 10.7. The van der Waals surface area contributed by atoms with E-state index in [0.717, 1.165) is 6.42 Å². The van der Waals surface area contributed by atoms with Crippen LogP contribution in [0.3, 0.4) is 0 Å². The van der Waals surface area contributed by atoms with E-state index in [4.69, 9.17) is 0 Å². The monoisotopic (exact) mass is 691 g/mol. The molecule has 0 saturated carbocycles. The summed E-state index contributed by atoms with van der Waals surface area (Å²) in [6, 6.07) is 58.4. The number of allylic oxidation sites excluding steroid dienone is 4. The van der Waals surface area contributed by atoms with Gasteiger partial charge in [-0.3, -0.25) is 0 Å². The number of benzene rings is 7. The fourth-order valence-corrected chi connectivity index (χ4v) is 10.4. The molecule has 0 fully saturated rings. The third-order valence-electron chi connectivity index (χ3n) is 12.7. The average Bonchev–Trinajstić information content (AvgIpc) is 3.91. The van der Waals surface area contributed by atoms with Crippen LogP contribution < -0.4 is 0 Å². The predicted molar refractivity (Wildman–Crippen MR) is 227 cm³/mol. The Labute approximate surface area is 313 Å². The van der Waals surface area contributed by atoms with Gasteiger partial charge in [0, 0.05) is 55.0 Å². The molecule has 3 heterocycles. The molecule has 10 aromatic rings. The lowest BCUT2D eigenvalue weighted by atomic mass is 9.78. The largest absolute Gasteiger partial charge is 0.313 e. The molecule has 3 heteroatoms. The molecule has 0 amide bonds. The van der Waals surface area contributed by atoms with Gasteiger partial charge in [-0.15, -0.1) is 0 Å². The Bertz CT molecular complexity index is 3180. The van der Waals surface area contributed by atoms with E-state index < -0.39 is 0 Å². The average molecular weight is 692 g/mol. The molecule has 2 aliphatic carbocycles. The van der Waals surface area contributed by atoms with Crippen molar-refractivity contribution in [2.45, 2.75) is 31.6 Å². The van der Waals surface area contributed by atoms with E-state index in [2.05, 4.69) is 197 Å². The molecule has 3 aromatic heterocycles. The van der Waals surface area contributed by atoms with E-state index >= 15 is 0 Å². The van der Waals surface area contributed by atoms with Crippen LogP contribution in [0.2, 0.25) is 0 Å². The Balaban J connectivity index is 1.05. The summed E-state index contributed by atoms with van der Waals surface area (Å²) in [5, 5.41) is 7.72. The third kappa shape index (κ3) is 3.86. The summed E-state index contributed by atoms with van der Waals surface area (Å²) in [5.41, 5.74) is 15.6. The molecule has 1 unspecified atom stereocenters. The Kier molecular flexibility index (Phi) is 5.96. The molecule has 3 nitrogen and oxygen atoms in total. The van der Waals surface area contributed by atoms with Crippen LogP contribution in [0.25, 0.3) is 82.5 Å². The molecule has 0 bridgehead atoms. The van der Waals surface area contributed by atoms with E-state index in [1.165, 1.54) is 99.2 Å². The molecule has 7 aromatic carbocycles. The van der Waals surface area contributed by atoms with Gasteiger partial charge in [-0.25, -0.2) is 0 Å². The molecule has 2 aliphatic rings. The minimum absolute atomic E-state index is 0.0497. The summed E-state index contributed by atoms with van der Waals surface area (Å²) >= 11 is 0. The van der Waals surface area contributed by atoms with E-state index in [1.807, 2.05) is 0 Å². The summed E-state index contributed by atoms with van der Waals surface area (Å²) in [6.45, 7) is 4.82. The molecular formula is C51H37N3. The second-order valence-corrected chi connectivity index (χ2v) is 15.7. The number of hydrogen-bond donors (Lipinski definition) is 0. The van der Waals surface area contributed by atoms with E-state index in [1.54, 1.807) is 0 Å². The highest BCUT2D eigenvalue weighted by atomic mass is 15.0. The van der Waals surface area contributed by atoms with Crippen molar-refractivity contribution < 1.29 is 0 Å². The van der Waals surface area contributed by atoms with Gasteiger partial charge in [0.2, 0.25) is 0 Å². The third-order valence-corrected chi connectivity index (χ3v) is 12.7. The molecule has 0 spiro atoms. The second-order valence-electron chi connectivity index (χ2n) is 15.7. The zero-order chi connectivity index (χ0) is 35.7. The van der Waals surface area contributed by atoms with Crippen molar-refractivity contribution in [2.24, 2.45) is 0 Å². The predicted octanol–water partition coefficient (Wildman–Crippen LogP) is 13.2. The van der Waals surface area contributed by atoms with Gasteiger partial charge in [-0.1, -0.05) is 129 Å². The lowest BCUT2D eigenvalue weighted by molar-refractivity contribution is 0.612. The Hall–Kier alpha value is -6.58. The number of rotatable bonds is 3. The quantitative estimate of drug-likeness (QED) is 0.175. The summed E-state index contributed by atoms with van der Waals surface area (Å²) in [4.78, 5) is 0. The van der Waals surface area contributed by atoms with Crippen LogP contribution in [-0.2, 0) is 5.41 Å². The molecule has 0 aliphatic heterocycles. The highest BCUT2D eigenvalue weighted by molar-refractivity contribution is 6.17. The van der Waals surface area contributed by atoms with Crippen molar-refractivity contribution in [3.05, 3.63) is 187 Å². The van der Waals surface area contributed by atoms with E-state index in [-0.39, 0.29) is 5.41 Å². The number of fused-ring (bicyclic) bond motifs is 12. The van der Waals surface area contributed by atoms with Crippen molar-refractivity contribution in [1.82, 2.24) is 13.7 Å². The van der Waals surface area contributed by atoms with Crippen molar-refractivity contribution in [3.63, 3.8) is 0 Å². The van der Waals surface area contributed by atoms with Gasteiger partial charge in [0.25, 0.3) is 0 Å². The fraction of sp³-hybridized carbons (Fsp3) is 0.0980. The van der Waals surface area contributed by atoms with Gasteiger partial charge in [-0.2, -0.15) is 0 Å². The lowest BCUT2D eigenvalue weighted by Crippen LogP contribution is -2.18. The summed E-state index contributed by atoms with van der Waals surface area (Å²) in [5.74, 6) is 0.291. The molecular weight excluding hydrogens is 655 g/mol. The van der Waals surface area contributed by atoms with Gasteiger partial charge < -0.3 is 13.7 Å². The highest BCUT2D eigenvalue weighted by Crippen LogP contribution is 2.55. The SMILES string of the molecule is CC1(C)C2=CC=C(n3c4ccccc4c4c(-n5c6ccccc6c6ccccc65)cccc43)CC2c2cc(-n3c4ccccc4c4ccccc43)ccc21. The first-order valence-electron chi connectivity index (χ1n) is 19.1. The van der Waals surface area contributed by atoms with Crippen LogP contribution in [0.15, 0.2) is 175 Å². The molecule has 0 saturated heterocycles. The van der Waals surface area contributed by atoms with Crippen LogP contribution in [0.1, 0.15) is 37.3 Å². The van der Waals surface area contributed by atoms with Gasteiger partial charge in [0.05, 0.1) is 38.8 Å². The number of nitrogens with zero attached hydrogens (tertiary/aromatic N) is 3. The Morgan fingerprint density at radius 1 is 0.463 bits per heavy atom. The van der Waals surface area contributed by atoms with Crippen molar-refractivity contribution in [3.8, 4) is 11.4 Å². The summed E-state index contributed by atoms with van der Waals surface area (Å²) in [6.07, 6.45) is 5.79. The van der Waals surface area contributed by atoms with Gasteiger partial charge in [0.1, 0.15) is 0 Å². The number of para-hydroxylation sites is 5. The Morgan fingerprint density at radius 3 is 1.56 bits per heavy atom. The Morgan fingerprint density at radius 2 is 0.963 bits per heavy atom. The number of aromatic nitrogens is 3. The van der Waals surface area contributed by atoms with E-state index in [9.17, 15) is 0 Å². The van der Waals surface area contributed by atoms with Crippen LogP contribution >= 0.6 is 0 Å². The van der Waals surface area contributed by atoms with Crippen molar-refractivity contribution in [1.29, 1.82) is 0 Å². The molecule has 1 atom stereocenters. The molecule has 54 heavy (non-hydrogen) atoms. The standard InChI is InChI=1S/C51H37N3/c1-51(2)41-28-26-32(52-43-19-8-3-14-34(43)35-15-4-9-20-44(35)52)30-39(41)40-31-33(27-29-42(40)51)53-47-23-12-7-18-38(47)50-48(53)24-13-25-49(50)54-45-21-10-5-16-36(45)37-17-6-11-22-46(37)54/h3-30,40H,31H2,1-2H3. The zero-order valence-corrected chi connectivity index (χ0v) is 30.3. The molecule has 0 radical (unpaired) electrons. The maximum absolute atomic E-state index is 2.55. The minimum Gasteiger partial charge on any atom is -0.313 e. The summed E-state index contributed by atoms with van der Waals surface area (Å²) < 4.78 is 7.49. The van der Waals surface area contributed by atoms with Gasteiger partial charge in [0.15, 0.2) is 0 Å². The van der Waals surface area contributed by atoms with Crippen molar-refractivity contribution in [2.75, 3.05) is 0 Å². The van der Waals surface area contributed by atoms with Crippen LogP contribution in [0, 0.1) is 0 Å². The van der Waals surface area contributed by atoms with Crippen LogP contribution in [0.5, 0.6) is 0 Å². The molecule has 256 valence electrons. The lowest BCUT2D eigenvalue weighted by Gasteiger charge is -2.28. The highest BCUT2D eigenvalue weighted by Gasteiger charge is 2.43. The topological polar surface area (TPSA) is 14.8 Å². The van der Waals surface area contributed by atoms with Gasteiger partial charge in [-0.05, 0) is 78.2 Å². The smallest absolute Gasteiger partial charge is 0.0562 e. The first-order chi connectivity index (χ1) is 26.6. The van der Waals surface area contributed by atoms with E-state index in [0.29, 0.717) is 5.92 Å². The van der Waals surface area contributed by atoms with Crippen LogP contribution in [0.4, 0.5) is 0 Å². The maximum atomic E-state index is 2.55. The normalized spacial score (nSPS) is 16.4. The maximum Gasteiger partial charge on any atom is 0.0562 e. The molecule has 12 rings (SSSR count). The summed E-state index contributed by atoms with van der Waals surface area (Å²) in [7, 11) is 0. The van der Waals surface area contributed by atoms with Crippen molar-refractivity contribution >= 4 is 71.1 Å². The van der Waals surface area contributed by atoms with Gasteiger partial charge >= 0.3 is 0 Å². The zero-order valence-electron chi connectivity index (χ0n) is 30.3. The first-order valence-corrected chi connectivity index (χ1v) is 19.1. The minimum atomic E-state index is -0.0497.